The van der Waals surface area contributed by atoms with Gasteiger partial charge in [0, 0.05) is 11.1 Å². The van der Waals surface area contributed by atoms with Gasteiger partial charge in [-0.25, -0.2) is 0 Å². The van der Waals surface area contributed by atoms with Crippen LogP contribution < -0.4 is 0 Å². The molecule has 0 saturated heterocycles. The fourth-order valence-electron chi connectivity index (χ4n) is 2.66. The van der Waals surface area contributed by atoms with Crippen LogP contribution in [0.25, 0.3) is 17.2 Å². The highest BCUT2D eigenvalue weighted by Crippen LogP contribution is 2.36. The molecule has 0 N–H and O–H groups in total. The lowest BCUT2D eigenvalue weighted by atomic mass is 10.0. The molecule has 0 aliphatic heterocycles. The van der Waals surface area contributed by atoms with Gasteiger partial charge >= 0.3 is 5.97 Å². The largest absolute Gasteiger partial charge is 0.466 e. The molecule has 2 aromatic rings. The maximum Gasteiger partial charge on any atom is 0.309 e. The summed E-state index contributed by atoms with van der Waals surface area (Å²) >= 11 is 0. The molecule has 3 heteroatoms. The zero-order chi connectivity index (χ0) is 15.5. The van der Waals surface area contributed by atoms with Crippen LogP contribution in [-0.4, -0.2) is 18.4 Å². The van der Waals surface area contributed by atoms with Gasteiger partial charge in [0.2, 0.25) is 0 Å². The number of carbonyl (C=O) groups excluding carboxylic acids is 2. The van der Waals surface area contributed by atoms with Crippen molar-refractivity contribution in [3.63, 3.8) is 0 Å². The molecule has 0 unspecified atom stereocenters. The Morgan fingerprint density at radius 3 is 2.55 bits per heavy atom. The molecule has 3 rings (SSSR count). The first-order chi connectivity index (χ1) is 10.7. The SMILES string of the molecule is CCOC(=O)CC=Cc1ccc2c(c1)C(=O)c1ccccc1-2. The summed E-state index contributed by atoms with van der Waals surface area (Å²) in [6, 6.07) is 13.4. The molecule has 0 heterocycles. The number of esters is 1. The average Bonchev–Trinajstić information content (AvgIpc) is 2.81. The van der Waals surface area contributed by atoms with Crippen molar-refractivity contribution < 1.29 is 14.3 Å². The van der Waals surface area contributed by atoms with Crippen molar-refractivity contribution >= 4 is 17.8 Å². The number of fused-ring (bicyclic) bond motifs is 3. The Morgan fingerprint density at radius 1 is 1.05 bits per heavy atom. The van der Waals surface area contributed by atoms with E-state index < -0.39 is 0 Å². The third-order valence-corrected chi connectivity index (χ3v) is 3.65. The molecular weight excluding hydrogens is 276 g/mol. The third kappa shape index (κ3) is 2.58. The number of ketones is 1. The van der Waals surface area contributed by atoms with Crippen molar-refractivity contribution in [3.05, 3.63) is 65.2 Å². The van der Waals surface area contributed by atoms with E-state index in [1.165, 1.54) is 0 Å². The molecule has 0 spiro atoms. The van der Waals surface area contributed by atoms with E-state index in [4.69, 9.17) is 4.74 Å². The van der Waals surface area contributed by atoms with E-state index in [1.54, 1.807) is 13.0 Å². The minimum absolute atomic E-state index is 0.0613. The van der Waals surface area contributed by atoms with Crippen LogP contribution in [-0.2, 0) is 9.53 Å². The number of hydrogen-bond acceptors (Lipinski definition) is 3. The summed E-state index contributed by atoms with van der Waals surface area (Å²) in [4.78, 5) is 23.7. The third-order valence-electron chi connectivity index (χ3n) is 3.65. The average molecular weight is 292 g/mol. The molecule has 1 aliphatic rings. The van der Waals surface area contributed by atoms with Crippen LogP contribution in [0.15, 0.2) is 48.5 Å². The lowest BCUT2D eigenvalue weighted by Gasteiger charge is -2.01. The maximum atomic E-state index is 12.4. The summed E-state index contributed by atoms with van der Waals surface area (Å²) < 4.78 is 4.87. The summed E-state index contributed by atoms with van der Waals surface area (Å²) in [5.74, 6) is -0.186. The predicted molar refractivity (Wildman–Crippen MR) is 85.6 cm³/mol. The Labute approximate surface area is 129 Å². The zero-order valence-corrected chi connectivity index (χ0v) is 12.3. The van der Waals surface area contributed by atoms with Crippen LogP contribution in [0.4, 0.5) is 0 Å². The van der Waals surface area contributed by atoms with Gasteiger partial charge < -0.3 is 4.74 Å². The molecule has 3 nitrogen and oxygen atoms in total. The Balaban J connectivity index is 1.83. The number of carbonyl (C=O) groups is 2. The fraction of sp³-hybridized carbons (Fsp3) is 0.158. The summed E-state index contributed by atoms with van der Waals surface area (Å²) in [5.41, 5.74) is 4.35. The molecule has 0 amide bonds. The quantitative estimate of drug-likeness (QED) is 0.686. The lowest BCUT2D eigenvalue weighted by molar-refractivity contribution is -0.142. The number of benzene rings is 2. The van der Waals surface area contributed by atoms with E-state index in [9.17, 15) is 9.59 Å². The summed E-state index contributed by atoms with van der Waals surface area (Å²) in [6.45, 7) is 2.17. The van der Waals surface area contributed by atoms with E-state index in [-0.39, 0.29) is 18.2 Å². The molecule has 22 heavy (non-hydrogen) atoms. The van der Waals surface area contributed by atoms with Crippen LogP contribution in [0.1, 0.15) is 34.8 Å². The summed E-state index contributed by atoms with van der Waals surface area (Å²) in [7, 11) is 0. The van der Waals surface area contributed by atoms with Gasteiger partial charge in [-0.3, -0.25) is 9.59 Å². The minimum atomic E-state index is -0.247. The van der Waals surface area contributed by atoms with Gasteiger partial charge in [0.25, 0.3) is 0 Å². The monoisotopic (exact) mass is 292 g/mol. The fourth-order valence-corrected chi connectivity index (χ4v) is 2.66. The molecule has 2 aromatic carbocycles. The molecule has 1 aliphatic carbocycles. The molecule has 0 aromatic heterocycles. The topological polar surface area (TPSA) is 43.4 Å². The first-order valence-corrected chi connectivity index (χ1v) is 7.31. The van der Waals surface area contributed by atoms with Crippen molar-refractivity contribution in [3.8, 4) is 11.1 Å². The van der Waals surface area contributed by atoms with Crippen LogP contribution in [0.3, 0.4) is 0 Å². The molecule has 0 atom stereocenters. The highest BCUT2D eigenvalue weighted by Gasteiger charge is 2.25. The molecule has 0 radical (unpaired) electrons. The van der Waals surface area contributed by atoms with E-state index in [2.05, 4.69) is 0 Å². The van der Waals surface area contributed by atoms with E-state index in [0.717, 1.165) is 27.8 Å². The zero-order valence-electron chi connectivity index (χ0n) is 12.3. The van der Waals surface area contributed by atoms with Crippen LogP contribution in [0.2, 0.25) is 0 Å². The second kappa shape index (κ2) is 5.98. The van der Waals surface area contributed by atoms with Gasteiger partial charge in [-0.15, -0.1) is 0 Å². The predicted octanol–water partition coefficient (Wildman–Crippen LogP) is 3.86. The Kier molecular flexibility index (Phi) is 3.88. The van der Waals surface area contributed by atoms with Crippen molar-refractivity contribution in [2.75, 3.05) is 6.61 Å². The molecule has 0 bridgehead atoms. The normalized spacial score (nSPS) is 12.3. The molecule has 110 valence electrons. The molecular formula is C19H16O3. The Morgan fingerprint density at radius 2 is 1.77 bits per heavy atom. The van der Waals surface area contributed by atoms with Gasteiger partial charge in [0.15, 0.2) is 5.78 Å². The highest BCUT2D eigenvalue weighted by atomic mass is 16.5. The van der Waals surface area contributed by atoms with Gasteiger partial charge in [-0.1, -0.05) is 48.6 Å². The maximum absolute atomic E-state index is 12.4. The number of rotatable bonds is 4. The van der Waals surface area contributed by atoms with Crippen molar-refractivity contribution in [2.45, 2.75) is 13.3 Å². The first-order valence-electron chi connectivity index (χ1n) is 7.31. The second-order valence-corrected chi connectivity index (χ2v) is 5.09. The van der Waals surface area contributed by atoms with Crippen molar-refractivity contribution in [1.29, 1.82) is 0 Å². The first kappa shape index (κ1) is 14.3. The van der Waals surface area contributed by atoms with Gasteiger partial charge in [-0.2, -0.15) is 0 Å². The second-order valence-electron chi connectivity index (χ2n) is 5.09. The number of ether oxygens (including phenoxy) is 1. The van der Waals surface area contributed by atoms with Gasteiger partial charge in [-0.05, 0) is 29.7 Å². The highest BCUT2D eigenvalue weighted by molar-refractivity contribution is 6.21. The van der Waals surface area contributed by atoms with Gasteiger partial charge in [0.1, 0.15) is 0 Å². The summed E-state index contributed by atoms with van der Waals surface area (Å²) in [6.07, 6.45) is 3.83. The molecule has 0 saturated carbocycles. The van der Waals surface area contributed by atoms with Crippen LogP contribution in [0.5, 0.6) is 0 Å². The number of hydrogen-bond donors (Lipinski definition) is 0. The van der Waals surface area contributed by atoms with Crippen LogP contribution in [0, 0.1) is 0 Å². The molecule has 0 fully saturated rings. The van der Waals surface area contributed by atoms with E-state index in [1.807, 2.05) is 48.5 Å². The van der Waals surface area contributed by atoms with Crippen LogP contribution >= 0.6 is 0 Å². The smallest absolute Gasteiger partial charge is 0.309 e. The minimum Gasteiger partial charge on any atom is -0.466 e. The lowest BCUT2D eigenvalue weighted by Crippen LogP contribution is -2.01. The van der Waals surface area contributed by atoms with Crippen molar-refractivity contribution in [1.82, 2.24) is 0 Å². The van der Waals surface area contributed by atoms with E-state index in [0.29, 0.717) is 6.61 Å². The van der Waals surface area contributed by atoms with Gasteiger partial charge in [0.05, 0.1) is 13.0 Å². The Hall–Kier alpha value is -2.68. The Bertz CT molecular complexity index is 772. The standard InChI is InChI=1S/C19H16O3/c1-2-22-18(20)9-5-6-13-10-11-15-14-7-3-4-8-16(14)19(21)17(15)12-13/h3-8,10-12H,2,9H2,1H3. The van der Waals surface area contributed by atoms with Crippen molar-refractivity contribution in [2.24, 2.45) is 0 Å². The summed E-state index contributed by atoms with van der Waals surface area (Å²) in [5, 5.41) is 0. The van der Waals surface area contributed by atoms with E-state index >= 15 is 0 Å².